The first-order valence-corrected chi connectivity index (χ1v) is 6.62. The van der Waals surface area contributed by atoms with Crippen molar-refractivity contribution in [3.05, 3.63) is 34.3 Å². The first-order valence-electron chi connectivity index (χ1n) is 5.82. The van der Waals surface area contributed by atoms with E-state index in [1.54, 1.807) is 18.2 Å². The third-order valence-electron chi connectivity index (χ3n) is 2.53. The Bertz CT molecular complexity index is 519. The first kappa shape index (κ1) is 16.2. The number of rotatable bonds is 4. The molecule has 0 heterocycles. The smallest absolute Gasteiger partial charge is 0.306 e. The van der Waals surface area contributed by atoms with Crippen LogP contribution in [0.3, 0.4) is 0 Å². The number of nitrogens with one attached hydrogen (secondary N) is 2. The monoisotopic (exact) mass is 342 g/mol. The summed E-state index contributed by atoms with van der Waals surface area (Å²) < 4.78 is 5.38. The Labute approximate surface area is 125 Å². The van der Waals surface area contributed by atoms with Crippen LogP contribution in [-0.2, 0) is 19.1 Å². The van der Waals surface area contributed by atoms with Crippen LogP contribution in [0.1, 0.15) is 24.8 Å². The van der Waals surface area contributed by atoms with E-state index in [-0.39, 0.29) is 6.42 Å². The number of ether oxygens (including phenoxy) is 1. The minimum Gasteiger partial charge on any atom is -0.469 e. The second kappa shape index (κ2) is 7.64. The van der Waals surface area contributed by atoms with Gasteiger partial charge < -0.3 is 4.74 Å². The number of methoxy groups -OCH3 is 1. The van der Waals surface area contributed by atoms with Crippen molar-refractivity contribution in [3.63, 3.8) is 0 Å². The van der Waals surface area contributed by atoms with Crippen molar-refractivity contribution >= 4 is 33.7 Å². The van der Waals surface area contributed by atoms with Gasteiger partial charge in [0.25, 0.3) is 0 Å². The van der Waals surface area contributed by atoms with E-state index in [1.807, 2.05) is 6.07 Å². The molecule has 0 saturated heterocycles. The van der Waals surface area contributed by atoms with E-state index in [1.165, 1.54) is 14.0 Å². The molecule has 1 aromatic rings. The lowest BCUT2D eigenvalue weighted by Crippen LogP contribution is -2.43. The van der Waals surface area contributed by atoms with Crippen molar-refractivity contribution in [2.24, 2.45) is 0 Å². The molecule has 1 unspecified atom stereocenters. The van der Waals surface area contributed by atoms with E-state index in [4.69, 9.17) is 0 Å². The standard InChI is InChI=1S/C13H15BrN2O4/c1-8(17)15-16-13(19)11(7-12(18)20-2)9-4-3-5-10(14)6-9/h3-6,11H,7H2,1-2H3,(H,15,17)(H,16,19). The van der Waals surface area contributed by atoms with Crippen LogP contribution in [0.5, 0.6) is 0 Å². The Morgan fingerprint density at radius 2 is 2.00 bits per heavy atom. The van der Waals surface area contributed by atoms with Gasteiger partial charge in [-0.25, -0.2) is 0 Å². The molecule has 2 amide bonds. The Hall–Kier alpha value is -1.89. The zero-order valence-corrected chi connectivity index (χ0v) is 12.7. The molecule has 6 nitrogen and oxygen atoms in total. The van der Waals surface area contributed by atoms with E-state index in [9.17, 15) is 14.4 Å². The second-order valence-electron chi connectivity index (χ2n) is 4.06. The van der Waals surface area contributed by atoms with Crippen LogP contribution >= 0.6 is 15.9 Å². The van der Waals surface area contributed by atoms with Crippen LogP contribution < -0.4 is 10.9 Å². The highest BCUT2D eigenvalue weighted by Gasteiger charge is 2.24. The lowest BCUT2D eigenvalue weighted by Gasteiger charge is -2.16. The Morgan fingerprint density at radius 3 is 2.55 bits per heavy atom. The summed E-state index contributed by atoms with van der Waals surface area (Å²) in [5, 5.41) is 0. The van der Waals surface area contributed by atoms with Crippen LogP contribution in [0.25, 0.3) is 0 Å². The normalized spacial score (nSPS) is 11.3. The molecule has 0 aliphatic rings. The molecule has 0 saturated carbocycles. The fourth-order valence-electron chi connectivity index (χ4n) is 1.57. The van der Waals surface area contributed by atoms with Crippen LogP contribution in [0.4, 0.5) is 0 Å². The number of hydrogen-bond donors (Lipinski definition) is 2. The summed E-state index contributed by atoms with van der Waals surface area (Å²) >= 11 is 3.31. The number of halogens is 1. The summed E-state index contributed by atoms with van der Waals surface area (Å²) in [6.45, 7) is 1.27. The number of hydrazine groups is 1. The third kappa shape index (κ3) is 5.00. The van der Waals surface area contributed by atoms with E-state index in [0.29, 0.717) is 5.56 Å². The fourth-order valence-corrected chi connectivity index (χ4v) is 1.99. The maximum absolute atomic E-state index is 12.1. The number of amides is 2. The van der Waals surface area contributed by atoms with Gasteiger partial charge in [0.05, 0.1) is 19.4 Å². The van der Waals surface area contributed by atoms with Crippen LogP contribution in [-0.4, -0.2) is 24.9 Å². The van der Waals surface area contributed by atoms with Gasteiger partial charge in [-0.2, -0.15) is 0 Å². The van der Waals surface area contributed by atoms with Crippen LogP contribution in [0.2, 0.25) is 0 Å². The average Bonchev–Trinajstić information content (AvgIpc) is 2.41. The molecular formula is C13H15BrN2O4. The van der Waals surface area contributed by atoms with Crippen molar-refractivity contribution in [2.45, 2.75) is 19.3 Å². The van der Waals surface area contributed by atoms with E-state index in [2.05, 4.69) is 31.5 Å². The van der Waals surface area contributed by atoms with Crippen LogP contribution in [0, 0.1) is 0 Å². The number of hydrogen-bond acceptors (Lipinski definition) is 4. The van der Waals surface area contributed by atoms with Crippen LogP contribution in [0.15, 0.2) is 28.7 Å². The quantitative estimate of drug-likeness (QED) is 0.637. The molecule has 7 heteroatoms. The minimum absolute atomic E-state index is 0.113. The van der Waals surface area contributed by atoms with Crippen molar-refractivity contribution < 1.29 is 19.1 Å². The molecule has 1 atom stereocenters. The molecule has 0 bridgehead atoms. The summed E-state index contributed by atoms with van der Waals surface area (Å²) in [7, 11) is 1.26. The van der Waals surface area contributed by atoms with Crippen molar-refractivity contribution in [3.8, 4) is 0 Å². The number of benzene rings is 1. The van der Waals surface area contributed by atoms with E-state index in [0.717, 1.165) is 4.47 Å². The predicted octanol–water partition coefficient (Wildman–Crippen LogP) is 1.26. The first-order chi connectivity index (χ1) is 9.43. The molecule has 1 rings (SSSR count). The third-order valence-corrected chi connectivity index (χ3v) is 3.02. The van der Waals surface area contributed by atoms with Gasteiger partial charge in [-0.15, -0.1) is 0 Å². The second-order valence-corrected chi connectivity index (χ2v) is 4.97. The summed E-state index contributed by atoms with van der Waals surface area (Å²) in [4.78, 5) is 34.3. The summed E-state index contributed by atoms with van der Waals surface area (Å²) in [5.41, 5.74) is 5.11. The minimum atomic E-state index is -0.744. The summed E-state index contributed by atoms with van der Waals surface area (Å²) in [5.74, 6) is -2.13. The number of carbonyl (C=O) groups excluding carboxylic acids is 3. The van der Waals surface area contributed by atoms with E-state index >= 15 is 0 Å². The molecule has 0 aliphatic heterocycles. The van der Waals surface area contributed by atoms with Crippen molar-refractivity contribution in [1.82, 2.24) is 10.9 Å². The van der Waals surface area contributed by atoms with Gasteiger partial charge in [-0.05, 0) is 17.7 Å². The number of carbonyl (C=O) groups is 3. The topological polar surface area (TPSA) is 84.5 Å². The van der Waals surface area contributed by atoms with E-state index < -0.39 is 23.7 Å². The SMILES string of the molecule is COC(=O)CC(C(=O)NNC(C)=O)c1cccc(Br)c1. The largest absolute Gasteiger partial charge is 0.469 e. The molecule has 1 aromatic carbocycles. The van der Waals surface area contributed by atoms with Gasteiger partial charge in [0.2, 0.25) is 11.8 Å². The van der Waals surface area contributed by atoms with Gasteiger partial charge in [0.15, 0.2) is 0 Å². The van der Waals surface area contributed by atoms with Gasteiger partial charge >= 0.3 is 5.97 Å². The highest BCUT2D eigenvalue weighted by molar-refractivity contribution is 9.10. The maximum Gasteiger partial charge on any atom is 0.306 e. The Morgan fingerprint density at radius 1 is 1.30 bits per heavy atom. The number of esters is 1. The molecular weight excluding hydrogens is 328 g/mol. The molecule has 0 spiro atoms. The molecule has 0 aliphatic carbocycles. The van der Waals surface area contributed by atoms with Gasteiger partial charge in [-0.3, -0.25) is 25.2 Å². The lowest BCUT2D eigenvalue weighted by atomic mass is 9.95. The zero-order valence-electron chi connectivity index (χ0n) is 11.1. The highest BCUT2D eigenvalue weighted by atomic mass is 79.9. The molecule has 0 aromatic heterocycles. The maximum atomic E-state index is 12.1. The lowest BCUT2D eigenvalue weighted by molar-refractivity contribution is -0.143. The zero-order chi connectivity index (χ0) is 15.1. The summed E-state index contributed by atoms with van der Waals surface area (Å²) in [6, 6.07) is 7.03. The van der Waals surface area contributed by atoms with Crippen molar-refractivity contribution in [1.29, 1.82) is 0 Å². The average molecular weight is 343 g/mol. The molecule has 2 N–H and O–H groups in total. The summed E-state index contributed by atoms with van der Waals surface area (Å²) in [6.07, 6.45) is -0.113. The van der Waals surface area contributed by atoms with Crippen molar-refractivity contribution in [2.75, 3.05) is 7.11 Å². The van der Waals surface area contributed by atoms with Gasteiger partial charge in [0.1, 0.15) is 0 Å². The van der Waals surface area contributed by atoms with Gasteiger partial charge in [0, 0.05) is 11.4 Å². The molecule has 0 radical (unpaired) electrons. The predicted molar refractivity (Wildman–Crippen MR) is 75.5 cm³/mol. The Kier molecular flexibility index (Phi) is 6.17. The Balaban J connectivity index is 2.92. The van der Waals surface area contributed by atoms with Gasteiger partial charge in [-0.1, -0.05) is 28.1 Å². The molecule has 0 fully saturated rings. The fraction of sp³-hybridized carbons (Fsp3) is 0.308. The molecule has 108 valence electrons. The molecule has 20 heavy (non-hydrogen) atoms. The highest BCUT2D eigenvalue weighted by Crippen LogP contribution is 2.23.